The number of aryl methyl sites for hydroxylation is 1. The molecule has 1 aliphatic rings. The van der Waals surface area contributed by atoms with Gasteiger partial charge in [-0.15, -0.1) is 0 Å². The predicted molar refractivity (Wildman–Crippen MR) is 155 cm³/mol. The molecular formula is C27H24BrIN2O3S. The van der Waals surface area contributed by atoms with E-state index in [1.54, 1.807) is 0 Å². The normalized spacial score (nSPS) is 15.5. The van der Waals surface area contributed by atoms with Crippen LogP contribution in [-0.4, -0.2) is 17.7 Å². The molecule has 35 heavy (non-hydrogen) atoms. The molecule has 3 aromatic carbocycles. The van der Waals surface area contributed by atoms with Crippen molar-refractivity contribution in [3.8, 4) is 11.5 Å². The molecule has 1 heterocycles. The predicted octanol–water partition coefficient (Wildman–Crippen LogP) is 7.49. The van der Waals surface area contributed by atoms with Crippen molar-refractivity contribution in [1.82, 2.24) is 5.32 Å². The van der Waals surface area contributed by atoms with Crippen LogP contribution in [0.1, 0.15) is 30.5 Å². The second-order valence-corrected chi connectivity index (χ2v) is 10.8. The molecule has 0 spiro atoms. The molecule has 0 saturated carbocycles. The molecular weight excluding hydrogens is 639 g/mol. The van der Waals surface area contributed by atoms with Gasteiger partial charge in [0.2, 0.25) is 0 Å². The van der Waals surface area contributed by atoms with Crippen LogP contribution in [0, 0.1) is 3.57 Å². The fourth-order valence-electron chi connectivity index (χ4n) is 3.33. The zero-order chi connectivity index (χ0) is 24.8. The minimum Gasteiger partial charge on any atom is -0.490 e. The van der Waals surface area contributed by atoms with E-state index in [4.69, 9.17) is 9.47 Å². The van der Waals surface area contributed by atoms with Crippen LogP contribution in [0.4, 0.5) is 5.69 Å². The molecule has 0 aliphatic carbocycles. The third-order valence-corrected chi connectivity index (χ3v) is 7.50. The summed E-state index contributed by atoms with van der Waals surface area (Å²) in [4.78, 5) is 17.7. The number of nitrogens with zero attached hydrogens (tertiary/aromatic N) is 1. The number of carbonyl (C=O) groups is 1. The van der Waals surface area contributed by atoms with Crippen LogP contribution < -0.4 is 14.8 Å². The number of hydrogen-bond acceptors (Lipinski definition) is 5. The van der Waals surface area contributed by atoms with E-state index in [1.807, 2.05) is 61.5 Å². The quantitative estimate of drug-likeness (QED) is 0.201. The summed E-state index contributed by atoms with van der Waals surface area (Å²) in [5.74, 6) is 1.09. The summed E-state index contributed by atoms with van der Waals surface area (Å²) in [6.07, 6.45) is 2.81. The Hall–Kier alpha value is -2.30. The summed E-state index contributed by atoms with van der Waals surface area (Å²) in [7, 11) is 0. The summed E-state index contributed by atoms with van der Waals surface area (Å²) >= 11 is 7.22. The van der Waals surface area contributed by atoms with E-state index in [1.165, 1.54) is 20.9 Å². The average Bonchev–Trinajstić information content (AvgIpc) is 3.20. The number of halogens is 2. The fraction of sp³-hybridized carbons (Fsp3) is 0.185. The van der Waals surface area contributed by atoms with E-state index in [0.717, 1.165) is 27.7 Å². The second-order valence-electron chi connectivity index (χ2n) is 7.67. The number of benzene rings is 3. The van der Waals surface area contributed by atoms with E-state index in [2.05, 4.69) is 67.9 Å². The number of rotatable bonds is 8. The van der Waals surface area contributed by atoms with Crippen LogP contribution in [0.3, 0.4) is 0 Å². The molecule has 0 atom stereocenters. The van der Waals surface area contributed by atoms with Gasteiger partial charge < -0.3 is 14.8 Å². The Bertz CT molecular complexity index is 1270. The zero-order valence-corrected chi connectivity index (χ0v) is 23.9. The monoisotopic (exact) mass is 662 g/mol. The molecule has 0 unspecified atom stereocenters. The maximum absolute atomic E-state index is 12.6. The third kappa shape index (κ3) is 6.89. The van der Waals surface area contributed by atoms with Crippen LogP contribution in [-0.2, 0) is 17.8 Å². The van der Waals surface area contributed by atoms with Crippen LogP contribution >= 0.6 is 50.3 Å². The van der Waals surface area contributed by atoms with E-state index < -0.39 is 0 Å². The Morgan fingerprint density at radius 1 is 1.00 bits per heavy atom. The number of thioether (sulfide) groups is 1. The minimum atomic E-state index is -0.178. The van der Waals surface area contributed by atoms with Crippen LogP contribution in [0.15, 0.2) is 75.0 Å². The molecule has 5 nitrogen and oxygen atoms in total. The molecule has 1 aliphatic heterocycles. The first-order valence-electron chi connectivity index (χ1n) is 11.2. The van der Waals surface area contributed by atoms with Gasteiger partial charge in [0.25, 0.3) is 5.91 Å². The second kappa shape index (κ2) is 12.1. The Morgan fingerprint density at radius 3 is 2.37 bits per heavy atom. The number of carbonyl (C=O) groups excluding carboxylic acids is 1. The molecule has 8 heteroatoms. The lowest BCUT2D eigenvalue weighted by Gasteiger charge is -2.14. The minimum absolute atomic E-state index is 0.178. The van der Waals surface area contributed by atoms with Crippen LogP contribution in [0.2, 0.25) is 0 Å². The Balaban J connectivity index is 1.53. The molecule has 0 aromatic heterocycles. The molecule has 1 fully saturated rings. The molecule has 0 bridgehead atoms. The number of amides is 1. The number of ether oxygens (including phenoxy) is 2. The molecule has 180 valence electrons. The molecule has 4 rings (SSSR count). The summed E-state index contributed by atoms with van der Waals surface area (Å²) in [5, 5.41) is 3.41. The van der Waals surface area contributed by atoms with Crippen molar-refractivity contribution in [1.29, 1.82) is 0 Å². The van der Waals surface area contributed by atoms with Crippen LogP contribution in [0.5, 0.6) is 11.5 Å². The highest BCUT2D eigenvalue weighted by atomic mass is 127. The lowest BCUT2D eigenvalue weighted by molar-refractivity contribution is -0.115. The van der Waals surface area contributed by atoms with Gasteiger partial charge in [-0.3, -0.25) is 4.79 Å². The topological polar surface area (TPSA) is 59.9 Å². The van der Waals surface area contributed by atoms with Crippen molar-refractivity contribution in [2.75, 3.05) is 6.61 Å². The first kappa shape index (κ1) is 25.8. The summed E-state index contributed by atoms with van der Waals surface area (Å²) in [6.45, 7) is 4.98. The largest absolute Gasteiger partial charge is 0.490 e. The van der Waals surface area contributed by atoms with Gasteiger partial charge in [-0.25, -0.2) is 4.99 Å². The van der Waals surface area contributed by atoms with Gasteiger partial charge in [-0.2, -0.15) is 0 Å². The zero-order valence-electron chi connectivity index (χ0n) is 19.3. The lowest BCUT2D eigenvalue weighted by atomic mass is 10.1. The van der Waals surface area contributed by atoms with Crippen LogP contribution in [0.25, 0.3) is 6.08 Å². The highest BCUT2D eigenvalue weighted by Crippen LogP contribution is 2.37. The van der Waals surface area contributed by atoms with Crippen molar-refractivity contribution in [2.45, 2.75) is 26.9 Å². The van der Waals surface area contributed by atoms with E-state index >= 15 is 0 Å². The first-order valence-corrected chi connectivity index (χ1v) is 13.9. The summed E-state index contributed by atoms with van der Waals surface area (Å²) in [5.41, 5.74) is 3.95. The highest BCUT2D eigenvalue weighted by Gasteiger charge is 2.24. The SMILES string of the molecule is CCOc1cc(/C=C2\SC(=Nc3ccc(CC)cc3)NC2=O)c(Br)cc1OCc1ccc(I)cc1. The number of hydrogen-bond donors (Lipinski definition) is 1. The maximum atomic E-state index is 12.6. The Kier molecular flexibility index (Phi) is 8.91. The van der Waals surface area contributed by atoms with Gasteiger partial charge in [0.1, 0.15) is 6.61 Å². The first-order chi connectivity index (χ1) is 16.9. The van der Waals surface area contributed by atoms with Crippen molar-refractivity contribution in [3.05, 3.63) is 90.3 Å². The van der Waals surface area contributed by atoms with Crippen molar-refractivity contribution in [3.63, 3.8) is 0 Å². The molecule has 0 radical (unpaired) electrons. The maximum Gasteiger partial charge on any atom is 0.264 e. The number of aliphatic imine (C=N–C) groups is 1. The molecule has 1 N–H and O–H groups in total. The average molecular weight is 663 g/mol. The van der Waals surface area contributed by atoms with E-state index in [0.29, 0.717) is 34.8 Å². The third-order valence-electron chi connectivity index (χ3n) is 5.18. The van der Waals surface area contributed by atoms with Gasteiger partial charge in [-0.1, -0.05) is 47.1 Å². The fourth-order valence-corrected chi connectivity index (χ4v) is 4.96. The van der Waals surface area contributed by atoms with E-state index in [-0.39, 0.29) is 5.91 Å². The molecule has 1 saturated heterocycles. The van der Waals surface area contributed by atoms with Gasteiger partial charge in [0.15, 0.2) is 16.7 Å². The Morgan fingerprint density at radius 2 is 1.69 bits per heavy atom. The van der Waals surface area contributed by atoms with E-state index in [9.17, 15) is 4.79 Å². The number of nitrogens with one attached hydrogen (secondary N) is 1. The molecule has 3 aromatic rings. The van der Waals surface area contributed by atoms with Crippen molar-refractivity contribution >= 4 is 73.1 Å². The molecule has 1 amide bonds. The lowest BCUT2D eigenvalue weighted by Crippen LogP contribution is -2.19. The van der Waals surface area contributed by atoms with Gasteiger partial charge >= 0.3 is 0 Å². The van der Waals surface area contributed by atoms with Crippen molar-refractivity contribution in [2.24, 2.45) is 4.99 Å². The Labute approximate surface area is 231 Å². The number of amidine groups is 1. The standard InChI is InChI=1S/C27H24BrIN2O3S/c1-3-17-7-11-21(12-8-17)30-27-31-26(32)25(35-27)14-19-13-23(33-4-2)24(15-22(19)28)34-16-18-5-9-20(29)10-6-18/h5-15H,3-4,16H2,1-2H3,(H,30,31,32)/b25-14-. The smallest absolute Gasteiger partial charge is 0.264 e. The summed E-state index contributed by atoms with van der Waals surface area (Å²) in [6, 6.07) is 20.0. The summed E-state index contributed by atoms with van der Waals surface area (Å²) < 4.78 is 13.9. The van der Waals surface area contributed by atoms with Gasteiger partial charge in [0, 0.05) is 8.04 Å². The van der Waals surface area contributed by atoms with Crippen molar-refractivity contribution < 1.29 is 14.3 Å². The highest BCUT2D eigenvalue weighted by molar-refractivity contribution is 14.1. The van der Waals surface area contributed by atoms with Gasteiger partial charge in [0.05, 0.1) is 17.2 Å². The van der Waals surface area contributed by atoms with Gasteiger partial charge in [-0.05, 0) is 107 Å².